The summed E-state index contributed by atoms with van der Waals surface area (Å²) in [5.41, 5.74) is 15.6. The Labute approximate surface area is 456 Å². The van der Waals surface area contributed by atoms with Crippen molar-refractivity contribution in [2.45, 2.75) is 77.9 Å². The van der Waals surface area contributed by atoms with Crippen molar-refractivity contribution in [3.63, 3.8) is 0 Å². The molecule has 2 aromatic heterocycles. The SMILES string of the molecule is C=C(C)[C@H](NC(=O)CCOCCOCCOCCN1C(=O)C=CC1=O)C(=O)N[C@@H](CCCCN)C(=O)Nc1ccc(COC(=O)N(Cc2ccccc2)Cc2ccc(Cn3c(=O)[nH]c4c(N)nc(OCC)nc43)c(OC)c2)cc1. The smallest absolute Gasteiger partial charge is 0.410 e. The molecule has 422 valence electrons. The maximum Gasteiger partial charge on any atom is 0.410 e. The Morgan fingerprint density at radius 2 is 1.48 bits per heavy atom. The van der Waals surface area contributed by atoms with Crippen LogP contribution in [0.2, 0.25) is 0 Å². The number of ether oxygens (including phenoxy) is 6. The molecule has 0 saturated carbocycles. The van der Waals surface area contributed by atoms with Crippen LogP contribution >= 0.6 is 0 Å². The number of imide groups is 1. The van der Waals surface area contributed by atoms with Gasteiger partial charge in [-0.1, -0.05) is 61.2 Å². The second-order valence-electron chi connectivity index (χ2n) is 18.2. The van der Waals surface area contributed by atoms with Crippen molar-refractivity contribution in [1.82, 2.24) is 40.0 Å². The molecule has 2 atom stereocenters. The van der Waals surface area contributed by atoms with Crippen LogP contribution in [-0.2, 0) is 69.2 Å². The van der Waals surface area contributed by atoms with E-state index >= 15 is 0 Å². The van der Waals surface area contributed by atoms with E-state index in [2.05, 4.69) is 37.5 Å². The number of imidazole rings is 1. The number of nitrogen functional groups attached to an aromatic ring is 1. The summed E-state index contributed by atoms with van der Waals surface area (Å²) in [6, 6.07) is 19.6. The molecule has 0 aliphatic carbocycles. The van der Waals surface area contributed by atoms with Gasteiger partial charge in [-0.2, -0.15) is 9.97 Å². The van der Waals surface area contributed by atoms with Gasteiger partial charge in [0.05, 0.1) is 66.4 Å². The van der Waals surface area contributed by atoms with Crippen molar-refractivity contribution in [1.29, 1.82) is 0 Å². The molecule has 79 heavy (non-hydrogen) atoms. The molecule has 0 bridgehead atoms. The lowest BCUT2D eigenvalue weighted by Crippen LogP contribution is -2.53. The lowest BCUT2D eigenvalue weighted by Gasteiger charge is -2.24. The number of methoxy groups -OCH3 is 1. The fourth-order valence-electron chi connectivity index (χ4n) is 8.10. The number of hydrogen-bond donors (Lipinski definition) is 6. The summed E-state index contributed by atoms with van der Waals surface area (Å²) in [5.74, 6) is -1.76. The molecule has 1 aliphatic heterocycles. The summed E-state index contributed by atoms with van der Waals surface area (Å²) in [4.78, 5) is 104. The van der Waals surface area contributed by atoms with Gasteiger partial charge < -0.3 is 60.8 Å². The van der Waals surface area contributed by atoms with Crippen LogP contribution in [0.3, 0.4) is 0 Å². The molecule has 3 aromatic carbocycles. The first-order valence-electron chi connectivity index (χ1n) is 25.8. The molecule has 1 aliphatic rings. The van der Waals surface area contributed by atoms with Crippen LogP contribution in [-0.4, -0.2) is 143 Å². The van der Waals surface area contributed by atoms with Gasteiger partial charge in [-0.25, -0.2) is 9.59 Å². The molecule has 6 amide bonds. The highest BCUT2D eigenvalue weighted by Crippen LogP contribution is 2.26. The number of nitrogens with one attached hydrogen (secondary N) is 4. The van der Waals surface area contributed by atoms with E-state index in [0.29, 0.717) is 54.1 Å². The number of nitrogens with two attached hydrogens (primary N) is 2. The maximum absolute atomic E-state index is 13.9. The number of aromatic nitrogens is 4. The van der Waals surface area contributed by atoms with Gasteiger partial charge in [-0.15, -0.1) is 0 Å². The van der Waals surface area contributed by atoms with Crippen LogP contribution in [0.5, 0.6) is 11.8 Å². The monoisotopic (exact) mass is 1090 g/mol. The number of carbonyl (C=O) groups excluding carboxylic acids is 6. The molecule has 0 fully saturated rings. The summed E-state index contributed by atoms with van der Waals surface area (Å²) in [5, 5.41) is 8.30. The third-order valence-electron chi connectivity index (χ3n) is 12.2. The number of hydrogen-bond acceptors (Lipinski definition) is 17. The predicted molar refractivity (Wildman–Crippen MR) is 291 cm³/mol. The molecule has 0 radical (unpaired) electrons. The van der Waals surface area contributed by atoms with Gasteiger partial charge in [-0.3, -0.25) is 38.3 Å². The Morgan fingerprint density at radius 3 is 2.15 bits per heavy atom. The molecular weight excluding hydrogens is 1020 g/mol. The molecule has 0 saturated heterocycles. The molecule has 8 N–H and O–H groups in total. The number of carbonyl (C=O) groups is 6. The minimum absolute atomic E-state index is 0.0450. The maximum atomic E-state index is 13.9. The number of fused-ring (bicyclic) bond motifs is 1. The lowest BCUT2D eigenvalue weighted by atomic mass is 10.1. The van der Waals surface area contributed by atoms with E-state index < -0.39 is 41.6 Å². The zero-order chi connectivity index (χ0) is 56.7. The number of benzene rings is 3. The summed E-state index contributed by atoms with van der Waals surface area (Å²) < 4.78 is 34.8. The van der Waals surface area contributed by atoms with Crippen LogP contribution in [0.1, 0.15) is 61.8 Å². The standard InChI is InChI=1S/C55H69N11O13/c1-5-78-53-62-49(57)48-50(63-53)66(54(72)61-48)34-40-17-14-39(31-43(40)74-4)33-64(32-37-11-7-6-8-12-37)55(73)79-35-38-15-18-41(19-16-38)58-51(70)42(13-9-10-23-56)59-52(71)47(36(2)3)60-44(67)22-25-75-27-29-77-30-28-76-26-24-65-45(68)20-21-46(65)69/h6-8,11-12,14-21,31,42,47H,2,5,9-10,13,22-30,32-35,56H2,1,3-4H3,(H,58,70)(H,59,71)(H,60,67)(H,61,72)(H2,57,62,63)/t42-,47-/m0/s1. The van der Waals surface area contributed by atoms with Crippen LogP contribution < -0.4 is 42.6 Å². The van der Waals surface area contributed by atoms with Gasteiger partial charge in [0.1, 0.15) is 30.0 Å². The summed E-state index contributed by atoms with van der Waals surface area (Å²) in [6.45, 7) is 9.68. The van der Waals surface area contributed by atoms with E-state index in [0.717, 1.165) is 16.0 Å². The molecule has 24 heteroatoms. The molecular formula is C55H69N11O13. The highest BCUT2D eigenvalue weighted by atomic mass is 16.6. The predicted octanol–water partition coefficient (Wildman–Crippen LogP) is 3.47. The normalized spacial score (nSPS) is 12.8. The lowest BCUT2D eigenvalue weighted by molar-refractivity contribution is -0.137. The number of aromatic amines is 1. The van der Waals surface area contributed by atoms with Gasteiger partial charge in [0.25, 0.3) is 11.8 Å². The van der Waals surface area contributed by atoms with Crippen molar-refractivity contribution in [3.8, 4) is 11.8 Å². The van der Waals surface area contributed by atoms with Gasteiger partial charge in [0, 0.05) is 42.9 Å². The number of nitrogens with zero attached hydrogens (tertiary/aromatic N) is 5. The first-order chi connectivity index (χ1) is 38.2. The van der Waals surface area contributed by atoms with Crippen LogP contribution in [0.4, 0.5) is 16.3 Å². The van der Waals surface area contributed by atoms with Crippen molar-refractivity contribution in [2.24, 2.45) is 5.73 Å². The molecule has 24 nitrogen and oxygen atoms in total. The van der Waals surface area contributed by atoms with Gasteiger partial charge in [0.2, 0.25) is 17.7 Å². The number of anilines is 2. The van der Waals surface area contributed by atoms with Crippen molar-refractivity contribution in [2.75, 3.05) is 77.5 Å². The minimum atomic E-state index is -1.13. The number of unbranched alkanes of at least 4 members (excludes halogenated alkanes) is 1. The van der Waals surface area contributed by atoms with E-state index in [1.807, 2.05) is 42.5 Å². The zero-order valence-electron chi connectivity index (χ0n) is 44.7. The van der Waals surface area contributed by atoms with Gasteiger partial charge in [0.15, 0.2) is 11.5 Å². The van der Waals surface area contributed by atoms with Crippen LogP contribution in [0.15, 0.2) is 102 Å². The molecule has 6 rings (SSSR count). The van der Waals surface area contributed by atoms with Crippen LogP contribution in [0, 0.1) is 0 Å². The first kappa shape index (κ1) is 59.8. The largest absolute Gasteiger partial charge is 0.496 e. The fraction of sp³-hybridized carbons (Fsp3) is 0.400. The second-order valence-corrected chi connectivity index (χ2v) is 18.2. The van der Waals surface area contributed by atoms with E-state index in [9.17, 15) is 33.6 Å². The Kier molecular flexibility index (Phi) is 23.1. The first-order valence-corrected chi connectivity index (χ1v) is 25.8. The van der Waals surface area contributed by atoms with Gasteiger partial charge >= 0.3 is 17.8 Å². The van der Waals surface area contributed by atoms with E-state index in [1.54, 1.807) is 49.1 Å². The van der Waals surface area contributed by atoms with E-state index in [1.165, 1.54) is 23.8 Å². The van der Waals surface area contributed by atoms with Gasteiger partial charge in [-0.05, 0) is 80.1 Å². The second kappa shape index (κ2) is 30.5. The summed E-state index contributed by atoms with van der Waals surface area (Å²) >= 11 is 0. The number of amides is 6. The van der Waals surface area contributed by atoms with Crippen molar-refractivity contribution in [3.05, 3.63) is 130 Å². The quantitative estimate of drug-likeness (QED) is 0.0199. The Morgan fingerprint density at radius 1 is 0.810 bits per heavy atom. The Bertz CT molecular complexity index is 2960. The van der Waals surface area contributed by atoms with Crippen LogP contribution in [0.25, 0.3) is 11.2 Å². The minimum Gasteiger partial charge on any atom is -0.496 e. The van der Waals surface area contributed by atoms with Crippen molar-refractivity contribution >= 4 is 58.3 Å². The fourth-order valence-corrected chi connectivity index (χ4v) is 8.10. The highest BCUT2D eigenvalue weighted by molar-refractivity contribution is 6.12. The van der Waals surface area contributed by atoms with E-state index in [4.69, 9.17) is 39.9 Å². The Balaban J connectivity index is 0.983. The molecule has 0 spiro atoms. The summed E-state index contributed by atoms with van der Waals surface area (Å²) in [7, 11) is 1.52. The average molecular weight is 1090 g/mol. The van der Waals surface area contributed by atoms with Crippen molar-refractivity contribution < 1.29 is 57.2 Å². The number of H-pyrrole nitrogens is 1. The average Bonchev–Trinajstić information content (AvgIpc) is 4.08. The molecule has 0 unspecified atom stereocenters. The Hall–Kier alpha value is -8.45. The molecule has 3 heterocycles. The topological polar surface area (TPSA) is 316 Å². The van der Waals surface area contributed by atoms with E-state index in [-0.39, 0.29) is 120 Å². The number of rotatable bonds is 33. The summed E-state index contributed by atoms with van der Waals surface area (Å²) in [6.07, 6.45) is 3.20. The highest BCUT2D eigenvalue weighted by Gasteiger charge is 2.28. The zero-order valence-corrected chi connectivity index (χ0v) is 44.7. The third kappa shape index (κ3) is 18.1. The third-order valence-corrected chi connectivity index (χ3v) is 12.2. The molecule has 5 aromatic rings.